The third-order valence-corrected chi connectivity index (χ3v) is 1.59. The topological polar surface area (TPSA) is 0 Å². The number of unbranched alkanes of at least 4 members (excludes halogenated alkanes) is 1. The average Bonchev–Trinajstić information content (AvgIpc) is 2.26. The van der Waals surface area contributed by atoms with Crippen LogP contribution in [-0.4, -0.2) is 0 Å². The molecule has 0 spiro atoms. The van der Waals surface area contributed by atoms with Gasteiger partial charge in [0.15, 0.2) is 0 Å². The molecule has 0 heteroatoms. The van der Waals surface area contributed by atoms with Crippen LogP contribution in [-0.2, 0) is 0 Å². The van der Waals surface area contributed by atoms with Gasteiger partial charge in [-0.2, -0.15) is 0 Å². The predicted octanol–water partition coefficient (Wildman–Crippen LogP) is 4.56. The van der Waals surface area contributed by atoms with Crippen LogP contribution in [0.25, 0.3) is 0 Å². The van der Waals surface area contributed by atoms with E-state index in [4.69, 9.17) is 6.58 Å². The van der Waals surface area contributed by atoms with Gasteiger partial charge in [0, 0.05) is 0 Å². The third kappa shape index (κ3) is 12.4. The Morgan fingerprint density at radius 3 is 1.67 bits per heavy atom. The Bertz CT molecular complexity index is 272. The predicted molar refractivity (Wildman–Crippen MR) is 69.5 cm³/mol. The van der Waals surface area contributed by atoms with Crippen molar-refractivity contribution in [1.82, 2.24) is 0 Å². The molecule has 0 aliphatic rings. The first kappa shape index (κ1) is 13.4. The van der Waals surface area contributed by atoms with Crippen LogP contribution in [0.3, 0.4) is 0 Å². The number of hydrogen-bond donors (Lipinski definition) is 0. The molecule has 0 heterocycles. The van der Waals surface area contributed by atoms with Crippen molar-refractivity contribution in [1.29, 1.82) is 0 Å². The van der Waals surface area contributed by atoms with Gasteiger partial charge in [-0.05, 0) is 6.42 Å². The van der Waals surface area contributed by atoms with Crippen LogP contribution in [0.1, 0.15) is 19.8 Å². The lowest BCUT2D eigenvalue weighted by atomic mass is 10.3. The first-order chi connectivity index (χ1) is 7.41. The van der Waals surface area contributed by atoms with Gasteiger partial charge in [0.1, 0.15) is 0 Å². The molecule has 1 radical (unpaired) electrons. The summed E-state index contributed by atoms with van der Waals surface area (Å²) in [5, 5.41) is 0. The molecule has 0 saturated heterocycles. The van der Waals surface area contributed by atoms with Crippen molar-refractivity contribution in [2.75, 3.05) is 0 Å². The van der Waals surface area contributed by atoms with Gasteiger partial charge in [0.05, 0.1) is 0 Å². The molecule has 0 amide bonds. The van der Waals surface area contributed by atoms with Crippen LogP contribution in [0.15, 0.2) is 66.8 Å². The highest BCUT2D eigenvalue weighted by Crippen LogP contribution is 1.89. The highest BCUT2D eigenvalue weighted by molar-refractivity contribution is 5.18. The molecule has 0 aliphatic carbocycles. The van der Waals surface area contributed by atoms with E-state index in [1.54, 1.807) is 6.08 Å². The van der Waals surface area contributed by atoms with E-state index in [2.05, 4.69) is 19.1 Å². The maximum absolute atomic E-state index is 5.17. The molecular weight excluding hydrogens is 180 g/mol. The van der Waals surface area contributed by atoms with E-state index in [0.29, 0.717) is 0 Å². The quantitative estimate of drug-likeness (QED) is 0.527. The summed E-state index contributed by atoms with van der Waals surface area (Å²) in [4.78, 5) is 0. The minimum Gasteiger partial charge on any atom is -0.0845 e. The van der Waals surface area contributed by atoms with E-state index in [-0.39, 0.29) is 0 Å². The fraction of sp³-hybridized carbons (Fsp3) is 0.200. The molecule has 0 rings (SSSR count). The van der Waals surface area contributed by atoms with E-state index in [1.165, 1.54) is 12.5 Å². The lowest BCUT2D eigenvalue weighted by molar-refractivity contribution is 0.959. The Hall–Kier alpha value is -1.56. The number of hydrogen-bond acceptors (Lipinski definition) is 0. The van der Waals surface area contributed by atoms with Crippen molar-refractivity contribution in [3.8, 4) is 0 Å². The highest BCUT2D eigenvalue weighted by atomic mass is 13.8. The van der Waals surface area contributed by atoms with E-state index in [1.807, 2.05) is 42.5 Å². The van der Waals surface area contributed by atoms with Crippen LogP contribution < -0.4 is 0 Å². The van der Waals surface area contributed by atoms with Gasteiger partial charge in [0.25, 0.3) is 0 Å². The molecule has 0 aromatic heterocycles. The van der Waals surface area contributed by atoms with E-state index < -0.39 is 0 Å². The highest BCUT2D eigenvalue weighted by Gasteiger charge is 1.68. The standard InChI is InChI=1S/C15H19/c1-3-5-7-9-11-13-15-14-12-10-8-6-4-2/h1,3,5,7-15H,4,6H2,2H3/b3-1?,7-5+,10-8+,11-9+,14-12+,15-13+. The maximum Gasteiger partial charge on any atom is -0.0350 e. The van der Waals surface area contributed by atoms with Gasteiger partial charge in [0.2, 0.25) is 0 Å². The van der Waals surface area contributed by atoms with Gasteiger partial charge < -0.3 is 0 Å². The second-order valence-corrected chi connectivity index (χ2v) is 2.95. The van der Waals surface area contributed by atoms with Crippen molar-refractivity contribution in [2.45, 2.75) is 19.8 Å². The molecule has 0 unspecified atom stereocenters. The Kier molecular flexibility index (Phi) is 11.1. The summed E-state index contributed by atoms with van der Waals surface area (Å²) in [5.41, 5.74) is 0. The first-order valence-corrected chi connectivity index (χ1v) is 5.28. The van der Waals surface area contributed by atoms with Crippen molar-refractivity contribution >= 4 is 0 Å². The molecule has 0 aliphatic heterocycles. The van der Waals surface area contributed by atoms with Crippen LogP contribution >= 0.6 is 0 Å². The smallest absolute Gasteiger partial charge is 0.0350 e. The molecule has 0 fully saturated rings. The minimum absolute atomic E-state index is 1.15. The van der Waals surface area contributed by atoms with Gasteiger partial charge in [-0.3, -0.25) is 0 Å². The zero-order valence-electron chi connectivity index (χ0n) is 9.34. The van der Waals surface area contributed by atoms with Gasteiger partial charge in [-0.15, -0.1) is 0 Å². The summed E-state index contributed by atoms with van der Waals surface area (Å²) in [5.74, 6) is 0. The second kappa shape index (κ2) is 12.4. The summed E-state index contributed by atoms with van der Waals surface area (Å²) >= 11 is 0. The monoisotopic (exact) mass is 199 g/mol. The van der Waals surface area contributed by atoms with Crippen LogP contribution in [0.4, 0.5) is 0 Å². The zero-order valence-corrected chi connectivity index (χ0v) is 9.34. The lowest BCUT2D eigenvalue weighted by Gasteiger charge is -1.79. The fourth-order valence-electron chi connectivity index (χ4n) is 0.855. The molecule has 0 aromatic carbocycles. The first-order valence-electron chi connectivity index (χ1n) is 5.28. The SMILES string of the molecule is [CH]=C/C=C/C=C/C=C/C=C/C=C/CCC. The van der Waals surface area contributed by atoms with Crippen LogP contribution in [0, 0.1) is 6.58 Å². The van der Waals surface area contributed by atoms with Crippen molar-refractivity contribution in [3.05, 3.63) is 73.4 Å². The van der Waals surface area contributed by atoms with E-state index in [0.717, 1.165) is 6.42 Å². The van der Waals surface area contributed by atoms with Crippen LogP contribution in [0.5, 0.6) is 0 Å². The number of allylic oxidation sites excluding steroid dienone is 11. The summed E-state index contributed by atoms with van der Waals surface area (Å²) < 4.78 is 0. The molecular formula is C15H19. The van der Waals surface area contributed by atoms with Crippen molar-refractivity contribution in [2.24, 2.45) is 0 Å². The Balaban J connectivity index is 3.65. The summed E-state index contributed by atoms with van der Waals surface area (Å²) in [6, 6.07) is 0. The molecule has 0 N–H and O–H groups in total. The van der Waals surface area contributed by atoms with Crippen molar-refractivity contribution in [3.63, 3.8) is 0 Å². The molecule has 79 valence electrons. The minimum atomic E-state index is 1.15. The van der Waals surface area contributed by atoms with Gasteiger partial charge in [-0.1, -0.05) is 86.8 Å². The Morgan fingerprint density at radius 2 is 1.20 bits per heavy atom. The molecule has 15 heavy (non-hydrogen) atoms. The summed E-state index contributed by atoms with van der Waals surface area (Å²) in [6.07, 6.45) is 23.7. The molecule has 0 saturated carbocycles. The van der Waals surface area contributed by atoms with E-state index in [9.17, 15) is 0 Å². The van der Waals surface area contributed by atoms with E-state index >= 15 is 0 Å². The summed E-state index contributed by atoms with van der Waals surface area (Å²) in [7, 11) is 0. The number of rotatable bonds is 7. The summed E-state index contributed by atoms with van der Waals surface area (Å²) in [6.45, 7) is 7.34. The van der Waals surface area contributed by atoms with Gasteiger partial charge >= 0.3 is 0 Å². The largest absolute Gasteiger partial charge is 0.0845 e. The molecule has 0 nitrogen and oxygen atoms in total. The Morgan fingerprint density at radius 1 is 0.733 bits per heavy atom. The lowest BCUT2D eigenvalue weighted by Crippen LogP contribution is -1.58. The van der Waals surface area contributed by atoms with Crippen LogP contribution in [0.2, 0.25) is 0 Å². The van der Waals surface area contributed by atoms with Gasteiger partial charge in [-0.25, -0.2) is 0 Å². The Labute approximate surface area is 93.7 Å². The zero-order chi connectivity index (χ0) is 11.2. The third-order valence-electron chi connectivity index (χ3n) is 1.59. The molecule has 0 bridgehead atoms. The maximum atomic E-state index is 5.17. The molecule has 0 aromatic rings. The molecule has 0 atom stereocenters. The fourth-order valence-corrected chi connectivity index (χ4v) is 0.855. The normalized spacial score (nSPS) is 13.1. The average molecular weight is 199 g/mol. The second-order valence-electron chi connectivity index (χ2n) is 2.95. The van der Waals surface area contributed by atoms with Crippen molar-refractivity contribution < 1.29 is 0 Å².